The number of hydrogen-bond donors (Lipinski definition) is 1. The van der Waals surface area contributed by atoms with Gasteiger partial charge in [-0.25, -0.2) is 0 Å². The highest BCUT2D eigenvalue weighted by atomic mass is 16.5. The maximum Gasteiger partial charge on any atom is 0.0499 e. The van der Waals surface area contributed by atoms with Gasteiger partial charge in [0, 0.05) is 26.8 Å². The third kappa shape index (κ3) is 3.95. The first-order chi connectivity index (χ1) is 7.65. The molecule has 1 aromatic carbocycles. The molecule has 0 aliphatic rings. The maximum absolute atomic E-state index is 5.11. The summed E-state index contributed by atoms with van der Waals surface area (Å²) in [5.74, 6) is 0.564. The minimum atomic E-state index is 0.564. The van der Waals surface area contributed by atoms with Gasteiger partial charge in [0.05, 0.1) is 0 Å². The van der Waals surface area contributed by atoms with E-state index < -0.39 is 0 Å². The number of hydrogen-bond acceptors (Lipinski definition) is 2. The molecule has 0 aromatic heterocycles. The zero-order valence-corrected chi connectivity index (χ0v) is 10.8. The second kappa shape index (κ2) is 6.66. The van der Waals surface area contributed by atoms with E-state index in [0.29, 0.717) is 5.92 Å². The third-order valence-corrected chi connectivity index (χ3v) is 2.89. The molecule has 0 amide bonds. The van der Waals surface area contributed by atoms with Crippen molar-refractivity contribution < 1.29 is 4.74 Å². The second-order valence-electron chi connectivity index (χ2n) is 4.56. The monoisotopic (exact) mass is 221 g/mol. The van der Waals surface area contributed by atoms with E-state index in [1.807, 2.05) is 0 Å². The van der Waals surface area contributed by atoms with Crippen molar-refractivity contribution in [2.24, 2.45) is 5.92 Å². The third-order valence-electron chi connectivity index (χ3n) is 2.89. The Morgan fingerprint density at radius 3 is 2.44 bits per heavy atom. The van der Waals surface area contributed by atoms with E-state index >= 15 is 0 Å². The molecule has 0 fully saturated rings. The van der Waals surface area contributed by atoms with Crippen LogP contribution in [0.1, 0.15) is 23.6 Å². The summed E-state index contributed by atoms with van der Waals surface area (Å²) in [5, 5.41) is 3.49. The summed E-state index contributed by atoms with van der Waals surface area (Å²) in [6.07, 6.45) is 0. The highest BCUT2D eigenvalue weighted by Crippen LogP contribution is 2.12. The number of ether oxygens (including phenoxy) is 1. The zero-order chi connectivity index (χ0) is 12.0. The molecule has 2 heteroatoms. The van der Waals surface area contributed by atoms with Gasteiger partial charge >= 0.3 is 0 Å². The van der Waals surface area contributed by atoms with E-state index in [1.165, 1.54) is 16.7 Å². The summed E-state index contributed by atoms with van der Waals surface area (Å²) in [4.78, 5) is 0. The van der Waals surface area contributed by atoms with Crippen LogP contribution in [0.3, 0.4) is 0 Å². The Labute approximate surface area is 99.0 Å². The van der Waals surface area contributed by atoms with E-state index in [4.69, 9.17) is 4.74 Å². The molecule has 0 aliphatic heterocycles. The molecule has 16 heavy (non-hydrogen) atoms. The minimum absolute atomic E-state index is 0.564. The molecule has 0 heterocycles. The van der Waals surface area contributed by atoms with Crippen LogP contribution in [-0.2, 0) is 11.3 Å². The lowest BCUT2D eigenvalue weighted by Crippen LogP contribution is -2.24. The molecular weight excluding hydrogens is 198 g/mol. The van der Waals surface area contributed by atoms with Gasteiger partial charge in [-0.3, -0.25) is 0 Å². The van der Waals surface area contributed by atoms with Crippen LogP contribution < -0.4 is 5.32 Å². The van der Waals surface area contributed by atoms with Crippen LogP contribution >= 0.6 is 0 Å². The Morgan fingerprint density at radius 2 is 1.88 bits per heavy atom. The molecule has 0 bridgehead atoms. The van der Waals surface area contributed by atoms with Crippen molar-refractivity contribution in [3.8, 4) is 0 Å². The highest BCUT2D eigenvalue weighted by molar-refractivity contribution is 5.33. The summed E-state index contributed by atoms with van der Waals surface area (Å²) in [7, 11) is 1.75. The Bertz CT molecular complexity index is 302. The fourth-order valence-electron chi connectivity index (χ4n) is 1.91. The van der Waals surface area contributed by atoms with Gasteiger partial charge in [-0.15, -0.1) is 0 Å². The van der Waals surface area contributed by atoms with Crippen molar-refractivity contribution in [2.45, 2.75) is 27.3 Å². The van der Waals surface area contributed by atoms with E-state index in [1.54, 1.807) is 7.11 Å². The average molecular weight is 221 g/mol. The first-order valence-electron chi connectivity index (χ1n) is 5.90. The number of benzene rings is 1. The smallest absolute Gasteiger partial charge is 0.0499 e. The Kier molecular flexibility index (Phi) is 5.50. The predicted octanol–water partition coefficient (Wildman–Crippen LogP) is 2.68. The van der Waals surface area contributed by atoms with E-state index in [-0.39, 0.29) is 0 Å². The summed E-state index contributed by atoms with van der Waals surface area (Å²) < 4.78 is 5.11. The van der Waals surface area contributed by atoms with Crippen molar-refractivity contribution in [1.82, 2.24) is 5.32 Å². The lowest BCUT2D eigenvalue weighted by atomic mass is 10.0. The summed E-state index contributed by atoms with van der Waals surface area (Å²) in [6.45, 7) is 9.31. The van der Waals surface area contributed by atoms with Gasteiger partial charge in [-0.05, 0) is 36.5 Å². The van der Waals surface area contributed by atoms with Crippen molar-refractivity contribution in [3.05, 3.63) is 34.9 Å². The SMILES string of the molecule is COCC(C)CNCc1c(C)cccc1C. The number of methoxy groups -OCH3 is 1. The summed E-state index contributed by atoms with van der Waals surface area (Å²) >= 11 is 0. The molecule has 0 saturated heterocycles. The normalized spacial score (nSPS) is 12.8. The predicted molar refractivity (Wildman–Crippen MR) is 68.7 cm³/mol. The quantitative estimate of drug-likeness (QED) is 0.797. The fourth-order valence-corrected chi connectivity index (χ4v) is 1.91. The van der Waals surface area contributed by atoms with E-state index in [0.717, 1.165) is 19.7 Å². The van der Waals surface area contributed by atoms with Crippen LogP contribution in [0.25, 0.3) is 0 Å². The number of rotatable bonds is 6. The topological polar surface area (TPSA) is 21.3 Å². The summed E-state index contributed by atoms with van der Waals surface area (Å²) in [5.41, 5.74) is 4.16. The Morgan fingerprint density at radius 1 is 1.25 bits per heavy atom. The Hall–Kier alpha value is -0.860. The van der Waals surface area contributed by atoms with Crippen LogP contribution in [-0.4, -0.2) is 20.3 Å². The largest absolute Gasteiger partial charge is 0.384 e. The van der Waals surface area contributed by atoms with Gasteiger partial charge in [0.15, 0.2) is 0 Å². The molecule has 0 radical (unpaired) electrons. The molecule has 2 nitrogen and oxygen atoms in total. The molecule has 1 unspecified atom stereocenters. The lowest BCUT2D eigenvalue weighted by molar-refractivity contribution is 0.158. The van der Waals surface area contributed by atoms with Crippen LogP contribution in [0.2, 0.25) is 0 Å². The van der Waals surface area contributed by atoms with Crippen LogP contribution in [0, 0.1) is 19.8 Å². The van der Waals surface area contributed by atoms with Crippen LogP contribution in [0.5, 0.6) is 0 Å². The minimum Gasteiger partial charge on any atom is -0.384 e. The van der Waals surface area contributed by atoms with Crippen molar-refractivity contribution in [3.63, 3.8) is 0 Å². The number of nitrogens with one attached hydrogen (secondary N) is 1. The second-order valence-corrected chi connectivity index (χ2v) is 4.56. The molecule has 1 rings (SSSR count). The standard InChI is InChI=1S/C14H23NO/c1-11(10-16-4)8-15-9-14-12(2)6-5-7-13(14)3/h5-7,11,15H,8-10H2,1-4H3. The molecule has 1 atom stereocenters. The van der Waals surface area contributed by atoms with Crippen molar-refractivity contribution in [1.29, 1.82) is 0 Å². The fraction of sp³-hybridized carbons (Fsp3) is 0.571. The van der Waals surface area contributed by atoms with Gasteiger partial charge in [0.2, 0.25) is 0 Å². The highest BCUT2D eigenvalue weighted by Gasteiger charge is 2.03. The van der Waals surface area contributed by atoms with Crippen molar-refractivity contribution >= 4 is 0 Å². The molecule has 1 aromatic rings. The molecule has 0 aliphatic carbocycles. The lowest BCUT2D eigenvalue weighted by Gasteiger charge is -2.14. The van der Waals surface area contributed by atoms with Gasteiger partial charge in [-0.1, -0.05) is 25.1 Å². The molecular formula is C14H23NO. The van der Waals surface area contributed by atoms with Gasteiger partial charge < -0.3 is 10.1 Å². The van der Waals surface area contributed by atoms with Crippen LogP contribution in [0.4, 0.5) is 0 Å². The number of aryl methyl sites for hydroxylation is 2. The van der Waals surface area contributed by atoms with Crippen LogP contribution in [0.15, 0.2) is 18.2 Å². The van der Waals surface area contributed by atoms with E-state index in [2.05, 4.69) is 44.3 Å². The first kappa shape index (κ1) is 13.2. The molecule has 0 spiro atoms. The Balaban J connectivity index is 2.43. The molecule has 0 saturated carbocycles. The van der Waals surface area contributed by atoms with Gasteiger partial charge in [-0.2, -0.15) is 0 Å². The average Bonchev–Trinajstić information content (AvgIpc) is 2.23. The summed E-state index contributed by atoms with van der Waals surface area (Å²) in [6, 6.07) is 6.45. The van der Waals surface area contributed by atoms with Gasteiger partial charge in [0.1, 0.15) is 0 Å². The zero-order valence-electron chi connectivity index (χ0n) is 10.8. The van der Waals surface area contributed by atoms with E-state index in [9.17, 15) is 0 Å². The van der Waals surface area contributed by atoms with Gasteiger partial charge in [0.25, 0.3) is 0 Å². The first-order valence-corrected chi connectivity index (χ1v) is 5.90. The van der Waals surface area contributed by atoms with Crippen molar-refractivity contribution in [2.75, 3.05) is 20.3 Å². The maximum atomic E-state index is 5.11. The molecule has 1 N–H and O–H groups in total. The molecule has 90 valence electrons.